The Kier molecular flexibility index (Phi) is 7.02. The molecule has 5 fully saturated rings. The van der Waals surface area contributed by atoms with Crippen LogP contribution >= 0.6 is 0 Å². The van der Waals surface area contributed by atoms with E-state index in [0.717, 1.165) is 44.1 Å². The van der Waals surface area contributed by atoms with Crippen LogP contribution in [0.2, 0.25) is 0 Å². The minimum absolute atomic E-state index is 0.0986. The van der Waals surface area contributed by atoms with Crippen molar-refractivity contribution in [2.75, 3.05) is 13.7 Å². The molecular formula is C30H46O9. The lowest BCUT2D eigenvalue weighted by Gasteiger charge is -2.64. The Morgan fingerprint density at radius 2 is 1.77 bits per heavy atom. The number of cyclic esters (lactones) is 1. The third kappa shape index (κ3) is 4.02. The van der Waals surface area contributed by atoms with Gasteiger partial charge < -0.3 is 39.4 Å². The highest BCUT2D eigenvalue weighted by atomic mass is 16.7. The van der Waals surface area contributed by atoms with Crippen molar-refractivity contribution >= 4 is 5.97 Å². The van der Waals surface area contributed by atoms with Crippen molar-refractivity contribution in [3.63, 3.8) is 0 Å². The lowest BCUT2D eigenvalue weighted by atomic mass is 9.42. The monoisotopic (exact) mass is 550 g/mol. The lowest BCUT2D eigenvalue weighted by Crippen LogP contribution is -2.65. The molecular weight excluding hydrogens is 504 g/mol. The van der Waals surface area contributed by atoms with Gasteiger partial charge in [-0.3, -0.25) is 0 Å². The van der Waals surface area contributed by atoms with Crippen molar-refractivity contribution in [1.29, 1.82) is 0 Å². The molecule has 39 heavy (non-hydrogen) atoms. The van der Waals surface area contributed by atoms with E-state index in [4.69, 9.17) is 18.9 Å². The predicted molar refractivity (Wildman–Crippen MR) is 139 cm³/mol. The fourth-order valence-electron chi connectivity index (χ4n) is 10.1. The highest BCUT2D eigenvalue weighted by Crippen LogP contribution is 2.70. The Morgan fingerprint density at radius 3 is 2.46 bits per heavy atom. The number of hydrogen-bond donors (Lipinski definition) is 4. The summed E-state index contributed by atoms with van der Waals surface area (Å²) in [5.41, 5.74) is -0.455. The fraction of sp³-hybridized carbons (Fsp3) is 0.900. The summed E-state index contributed by atoms with van der Waals surface area (Å²) in [5.74, 6) is 0.393. The molecule has 0 aromatic rings. The quantitative estimate of drug-likeness (QED) is 0.307. The fourth-order valence-corrected chi connectivity index (χ4v) is 10.1. The van der Waals surface area contributed by atoms with E-state index < -0.39 is 42.4 Å². The van der Waals surface area contributed by atoms with Gasteiger partial charge in [-0.25, -0.2) is 4.79 Å². The average Bonchev–Trinajstić information content (AvgIpc) is 3.43. The zero-order chi connectivity index (χ0) is 27.9. The zero-order valence-corrected chi connectivity index (χ0v) is 23.6. The Balaban J connectivity index is 1.19. The second-order valence-electron chi connectivity index (χ2n) is 13.8. The van der Waals surface area contributed by atoms with Gasteiger partial charge in [-0.2, -0.15) is 0 Å². The SMILES string of the molecule is CO[C@@H]1[C@H](O)[C@@H](O[C@@H]2C[C@H]3CCC4C(CC[C@]5(C)[C@@H](C6=CC(=O)OC6)CC[C@]45O)[C@@]3(C)[C@H](O)C2)O[C@@H](C)[C@@H]1O. The number of fused-ring (bicyclic) bond motifs is 5. The smallest absolute Gasteiger partial charge is 0.331 e. The molecule has 6 aliphatic rings. The van der Waals surface area contributed by atoms with Gasteiger partial charge in [0.25, 0.3) is 0 Å². The second-order valence-corrected chi connectivity index (χ2v) is 13.8. The van der Waals surface area contributed by atoms with Gasteiger partial charge in [0.15, 0.2) is 6.29 Å². The van der Waals surface area contributed by atoms with Crippen LogP contribution in [-0.4, -0.2) is 88.6 Å². The summed E-state index contributed by atoms with van der Waals surface area (Å²) >= 11 is 0. The van der Waals surface area contributed by atoms with Crippen LogP contribution in [0.5, 0.6) is 0 Å². The molecule has 0 aromatic carbocycles. The molecule has 2 heterocycles. The molecule has 0 aromatic heterocycles. The first kappa shape index (κ1) is 28.1. The van der Waals surface area contributed by atoms with Gasteiger partial charge in [0.05, 0.1) is 23.9 Å². The van der Waals surface area contributed by atoms with Crippen molar-refractivity contribution in [3.05, 3.63) is 11.6 Å². The third-order valence-corrected chi connectivity index (χ3v) is 12.4. The summed E-state index contributed by atoms with van der Waals surface area (Å²) in [5, 5.41) is 45.2. The van der Waals surface area contributed by atoms with Crippen LogP contribution in [0.1, 0.15) is 72.1 Å². The first-order chi connectivity index (χ1) is 18.4. The Morgan fingerprint density at radius 1 is 1.00 bits per heavy atom. The minimum Gasteiger partial charge on any atom is -0.458 e. The summed E-state index contributed by atoms with van der Waals surface area (Å²) in [7, 11) is 1.45. The predicted octanol–water partition coefficient (Wildman–Crippen LogP) is 2.08. The molecule has 0 bridgehead atoms. The topological polar surface area (TPSA) is 135 Å². The molecule has 0 amide bonds. The first-order valence-corrected chi connectivity index (χ1v) is 14.9. The van der Waals surface area contributed by atoms with E-state index >= 15 is 0 Å². The minimum atomic E-state index is -1.13. The number of hydrogen-bond acceptors (Lipinski definition) is 9. The number of esters is 1. The van der Waals surface area contributed by atoms with Crippen LogP contribution in [0.4, 0.5) is 0 Å². The van der Waals surface area contributed by atoms with Crippen molar-refractivity contribution < 1.29 is 44.2 Å². The largest absolute Gasteiger partial charge is 0.458 e. The first-order valence-electron chi connectivity index (χ1n) is 14.9. The molecule has 9 heteroatoms. The normalized spacial score (nSPS) is 55.3. The molecule has 4 saturated carbocycles. The second kappa shape index (κ2) is 9.75. The van der Waals surface area contributed by atoms with Crippen LogP contribution in [0.15, 0.2) is 11.6 Å². The van der Waals surface area contributed by atoms with Crippen molar-refractivity contribution in [3.8, 4) is 0 Å². The molecule has 2 unspecified atom stereocenters. The van der Waals surface area contributed by atoms with Crippen LogP contribution in [0.25, 0.3) is 0 Å². The number of aliphatic hydroxyl groups is 4. The van der Waals surface area contributed by atoms with E-state index in [2.05, 4.69) is 13.8 Å². The number of ether oxygens (including phenoxy) is 4. The highest BCUT2D eigenvalue weighted by Gasteiger charge is 2.69. The van der Waals surface area contributed by atoms with Crippen LogP contribution in [0, 0.1) is 34.5 Å². The molecule has 4 N–H and O–H groups in total. The molecule has 14 atom stereocenters. The number of aliphatic hydroxyl groups excluding tert-OH is 3. The lowest BCUT2D eigenvalue weighted by molar-refractivity contribution is -0.317. The van der Waals surface area contributed by atoms with E-state index in [0.29, 0.717) is 19.4 Å². The van der Waals surface area contributed by atoms with Gasteiger partial charge in [-0.15, -0.1) is 0 Å². The summed E-state index contributed by atoms with van der Waals surface area (Å²) in [6.07, 6.45) is 2.74. The average molecular weight is 551 g/mol. The maximum Gasteiger partial charge on any atom is 0.331 e. The number of rotatable bonds is 4. The van der Waals surface area contributed by atoms with Gasteiger partial charge in [0.2, 0.25) is 0 Å². The van der Waals surface area contributed by atoms with Gasteiger partial charge in [-0.05, 0) is 86.5 Å². The summed E-state index contributed by atoms with van der Waals surface area (Å²) in [6, 6.07) is 0. The van der Waals surface area contributed by atoms with Gasteiger partial charge in [0, 0.05) is 25.0 Å². The van der Waals surface area contributed by atoms with Crippen molar-refractivity contribution in [2.24, 2.45) is 34.5 Å². The van der Waals surface area contributed by atoms with Gasteiger partial charge >= 0.3 is 5.97 Å². The number of methoxy groups -OCH3 is 1. The molecule has 6 rings (SSSR count). The molecule has 220 valence electrons. The summed E-state index contributed by atoms with van der Waals surface area (Å²) < 4.78 is 22.6. The highest BCUT2D eigenvalue weighted by molar-refractivity contribution is 5.85. The molecule has 0 radical (unpaired) electrons. The number of carbonyl (C=O) groups excluding carboxylic acids is 1. The van der Waals surface area contributed by atoms with E-state index in [1.807, 2.05) is 0 Å². The Bertz CT molecular complexity index is 1000. The van der Waals surface area contributed by atoms with E-state index in [-0.39, 0.29) is 46.6 Å². The molecule has 1 saturated heterocycles. The van der Waals surface area contributed by atoms with Crippen LogP contribution in [0.3, 0.4) is 0 Å². The molecule has 4 aliphatic carbocycles. The summed E-state index contributed by atoms with van der Waals surface area (Å²) in [4.78, 5) is 11.8. The van der Waals surface area contributed by atoms with Crippen LogP contribution in [-0.2, 0) is 23.7 Å². The molecule has 2 aliphatic heterocycles. The van der Waals surface area contributed by atoms with E-state index in [1.165, 1.54) is 7.11 Å². The number of carbonyl (C=O) groups is 1. The Labute approximate surface area is 230 Å². The van der Waals surface area contributed by atoms with Gasteiger partial charge in [-0.1, -0.05) is 13.8 Å². The van der Waals surface area contributed by atoms with Crippen molar-refractivity contribution in [1.82, 2.24) is 0 Å². The maximum absolute atomic E-state index is 12.4. The third-order valence-electron chi connectivity index (χ3n) is 12.4. The van der Waals surface area contributed by atoms with E-state index in [1.54, 1.807) is 13.0 Å². The Hall–Kier alpha value is -1.07. The van der Waals surface area contributed by atoms with Crippen LogP contribution < -0.4 is 0 Å². The zero-order valence-electron chi connectivity index (χ0n) is 23.6. The van der Waals surface area contributed by atoms with Crippen molar-refractivity contribution in [2.45, 2.75) is 121 Å². The summed E-state index contributed by atoms with van der Waals surface area (Å²) in [6.45, 7) is 6.49. The maximum atomic E-state index is 12.4. The molecule has 9 nitrogen and oxygen atoms in total. The van der Waals surface area contributed by atoms with Gasteiger partial charge in [0.1, 0.15) is 24.9 Å². The van der Waals surface area contributed by atoms with E-state index in [9.17, 15) is 25.2 Å². The standard InChI is InChI=1S/C30H46O9/c1-15-24(33)26(36-4)25(34)27(38-15)39-18-12-17-5-6-21-20(29(17,3)22(31)13-18)7-9-28(2)19(8-10-30(21,28)35)16-11-23(32)37-14-16/h11,15,17-22,24-27,31,33-35H,5-10,12-14H2,1-4H3/t15-,17+,18+,19+,20?,21?,22+,24-,25-,26-,27+,28+,29-,30-/m0/s1. The molecule has 0 spiro atoms.